The van der Waals surface area contributed by atoms with Crippen LogP contribution in [0.15, 0.2) is 34.9 Å². The van der Waals surface area contributed by atoms with Crippen LogP contribution >= 0.6 is 0 Å². The van der Waals surface area contributed by atoms with Gasteiger partial charge in [0.25, 0.3) is 0 Å². The van der Waals surface area contributed by atoms with Gasteiger partial charge in [-0.05, 0) is 25.5 Å². The molecular formula is C19H27N3O3. The SMILES string of the molecule is Cc1cc(CN2CCN(CC(O)COc3ccccc3C)CC2)no1. The van der Waals surface area contributed by atoms with Crippen LogP contribution in [0.3, 0.4) is 0 Å². The number of hydrogen-bond acceptors (Lipinski definition) is 6. The lowest BCUT2D eigenvalue weighted by molar-refractivity contribution is 0.0441. The first-order valence-corrected chi connectivity index (χ1v) is 8.83. The highest BCUT2D eigenvalue weighted by molar-refractivity contribution is 5.31. The fraction of sp³-hybridized carbons (Fsp3) is 0.526. The van der Waals surface area contributed by atoms with Gasteiger partial charge < -0.3 is 14.4 Å². The minimum atomic E-state index is -0.482. The van der Waals surface area contributed by atoms with E-state index < -0.39 is 6.10 Å². The molecule has 6 nitrogen and oxygen atoms in total. The number of aliphatic hydroxyl groups excluding tert-OH is 1. The molecule has 136 valence electrons. The summed E-state index contributed by atoms with van der Waals surface area (Å²) in [5, 5.41) is 14.3. The third-order valence-corrected chi connectivity index (χ3v) is 4.52. The molecule has 1 aromatic carbocycles. The number of piperazine rings is 1. The van der Waals surface area contributed by atoms with E-state index in [1.165, 1.54) is 0 Å². The molecule has 0 amide bonds. The van der Waals surface area contributed by atoms with Crippen LogP contribution in [0.25, 0.3) is 0 Å². The van der Waals surface area contributed by atoms with Crippen molar-refractivity contribution in [2.24, 2.45) is 0 Å². The summed E-state index contributed by atoms with van der Waals surface area (Å²) in [6.45, 7) is 9.54. The van der Waals surface area contributed by atoms with Gasteiger partial charge in [-0.1, -0.05) is 23.4 Å². The van der Waals surface area contributed by atoms with Crippen molar-refractivity contribution in [2.75, 3.05) is 39.3 Å². The molecule has 0 radical (unpaired) electrons. The van der Waals surface area contributed by atoms with E-state index >= 15 is 0 Å². The van der Waals surface area contributed by atoms with Crippen LogP contribution in [0.2, 0.25) is 0 Å². The monoisotopic (exact) mass is 345 g/mol. The normalized spacial score (nSPS) is 17.6. The van der Waals surface area contributed by atoms with Gasteiger partial charge in [0.15, 0.2) is 0 Å². The highest BCUT2D eigenvalue weighted by atomic mass is 16.5. The Hall–Kier alpha value is -1.89. The average Bonchev–Trinajstić information content (AvgIpc) is 3.01. The first kappa shape index (κ1) is 17.9. The molecular weight excluding hydrogens is 318 g/mol. The predicted octanol–water partition coefficient (Wildman–Crippen LogP) is 1.85. The Morgan fingerprint density at radius 3 is 2.56 bits per heavy atom. The molecule has 3 rings (SSSR count). The number of nitrogens with zero attached hydrogens (tertiary/aromatic N) is 3. The molecule has 0 saturated carbocycles. The summed E-state index contributed by atoms with van der Waals surface area (Å²) in [4.78, 5) is 4.65. The van der Waals surface area contributed by atoms with Gasteiger partial charge in [-0.25, -0.2) is 0 Å². The minimum absolute atomic E-state index is 0.323. The molecule has 0 spiro atoms. The Morgan fingerprint density at radius 2 is 1.88 bits per heavy atom. The van der Waals surface area contributed by atoms with Crippen LogP contribution in [-0.2, 0) is 6.54 Å². The topological polar surface area (TPSA) is 62.0 Å². The number of β-amino-alcohol motifs (C(OH)–C–C–N with tert-alkyl or cyclic N) is 1. The Labute approximate surface area is 149 Å². The molecule has 2 heterocycles. The lowest BCUT2D eigenvalue weighted by Crippen LogP contribution is -2.48. The van der Waals surface area contributed by atoms with E-state index in [1.54, 1.807) is 0 Å². The van der Waals surface area contributed by atoms with Crippen molar-refractivity contribution >= 4 is 0 Å². The molecule has 1 unspecified atom stereocenters. The van der Waals surface area contributed by atoms with E-state index in [0.29, 0.717) is 13.2 Å². The summed E-state index contributed by atoms with van der Waals surface area (Å²) in [5.74, 6) is 1.69. The molecule has 1 aromatic heterocycles. The minimum Gasteiger partial charge on any atom is -0.491 e. The van der Waals surface area contributed by atoms with Gasteiger partial charge in [0.2, 0.25) is 0 Å². The fourth-order valence-electron chi connectivity index (χ4n) is 3.11. The fourth-order valence-corrected chi connectivity index (χ4v) is 3.11. The van der Waals surface area contributed by atoms with Gasteiger partial charge in [0.1, 0.15) is 24.2 Å². The average molecular weight is 345 g/mol. The zero-order valence-electron chi connectivity index (χ0n) is 15.0. The van der Waals surface area contributed by atoms with Crippen LogP contribution in [0.4, 0.5) is 0 Å². The van der Waals surface area contributed by atoms with Crippen LogP contribution in [-0.4, -0.2) is 65.5 Å². The van der Waals surface area contributed by atoms with E-state index in [2.05, 4.69) is 15.0 Å². The standard InChI is InChI=1S/C19H27N3O3/c1-15-5-3-4-6-19(15)24-14-18(23)13-22-9-7-21(8-10-22)12-17-11-16(2)25-20-17/h3-6,11,18,23H,7-10,12-14H2,1-2H3. The van der Waals surface area contributed by atoms with Crippen LogP contribution < -0.4 is 4.74 Å². The van der Waals surface area contributed by atoms with E-state index in [9.17, 15) is 5.11 Å². The van der Waals surface area contributed by atoms with Crippen molar-refractivity contribution in [3.05, 3.63) is 47.3 Å². The maximum absolute atomic E-state index is 10.3. The molecule has 0 bridgehead atoms. The Bertz CT molecular complexity index is 665. The third kappa shape index (κ3) is 5.29. The Balaban J connectivity index is 1.37. The summed E-state index contributed by atoms with van der Waals surface area (Å²) in [7, 11) is 0. The largest absolute Gasteiger partial charge is 0.491 e. The third-order valence-electron chi connectivity index (χ3n) is 4.52. The zero-order valence-corrected chi connectivity index (χ0v) is 15.0. The van der Waals surface area contributed by atoms with Crippen LogP contribution in [0.1, 0.15) is 17.0 Å². The van der Waals surface area contributed by atoms with Crippen molar-refractivity contribution in [1.82, 2.24) is 15.0 Å². The van der Waals surface area contributed by atoms with E-state index in [4.69, 9.17) is 9.26 Å². The predicted molar refractivity (Wildman–Crippen MR) is 95.6 cm³/mol. The number of para-hydroxylation sites is 1. The molecule has 2 aromatic rings. The van der Waals surface area contributed by atoms with Gasteiger partial charge in [0.05, 0.1) is 5.69 Å². The second-order valence-electron chi connectivity index (χ2n) is 6.74. The van der Waals surface area contributed by atoms with Crippen molar-refractivity contribution in [3.8, 4) is 5.75 Å². The van der Waals surface area contributed by atoms with E-state index in [0.717, 1.165) is 55.5 Å². The van der Waals surface area contributed by atoms with Gasteiger partial charge in [-0.15, -0.1) is 0 Å². The maximum Gasteiger partial charge on any atom is 0.133 e. The molecule has 1 atom stereocenters. The van der Waals surface area contributed by atoms with Gasteiger partial charge in [-0.3, -0.25) is 9.80 Å². The summed E-state index contributed by atoms with van der Waals surface area (Å²) in [5.41, 5.74) is 2.07. The number of hydrogen-bond donors (Lipinski definition) is 1. The first-order chi connectivity index (χ1) is 12.1. The second-order valence-corrected chi connectivity index (χ2v) is 6.74. The van der Waals surface area contributed by atoms with Crippen LogP contribution in [0.5, 0.6) is 5.75 Å². The number of aryl methyl sites for hydroxylation is 2. The first-order valence-electron chi connectivity index (χ1n) is 8.83. The number of ether oxygens (including phenoxy) is 1. The lowest BCUT2D eigenvalue weighted by atomic mass is 10.2. The summed E-state index contributed by atoms with van der Waals surface area (Å²) in [6, 6.07) is 9.87. The lowest BCUT2D eigenvalue weighted by Gasteiger charge is -2.35. The quantitative estimate of drug-likeness (QED) is 0.826. The molecule has 1 aliphatic heterocycles. The van der Waals surface area contributed by atoms with Crippen LogP contribution in [0, 0.1) is 13.8 Å². The Kier molecular flexibility index (Phi) is 6.07. The number of rotatable bonds is 7. The van der Waals surface area contributed by atoms with E-state index in [-0.39, 0.29) is 0 Å². The molecule has 1 saturated heterocycles. The molecule has 1 aliphatic rings. The highest BCUT2D eigenvalue weighted by Gasteiger charge is 2.20. The zero-order chi connectivity index (χ0) is 17.6. The van der Waals surface area contributed by atoms with Gasteiger partial charge in [0, 0.05) is 45.3 Å². The highest BCUT2D eigenvalue weighted by Crippen LogP contribution is 2.16. The number of aliphatic hydroxyl groups is 1. The molecule has 1 fully saturated rings. The second kappa shape index (κ2) is 8.47. The van der Waals surface area contributed by atoms with Gasteiger partial charge in [-0.2, -0.15) is 0 Å². The smallest absolute Gasteiger partial charge is 0.133 e. The molecule has 6 heteroatoms. The number of aromatic nitrogens is 1. The van der Waals surface area contributed by atoms with Crippen molar-refractivity contribution in [2.45, 2.75) is 26.5 Å². The molecule has 1 N–H and O–H groups in total. The summed E-state index contributed by atoms with van der Waals surface area (Å²) >= 11 is 0. The summed E-state index contributed by atoms with van der Waals surface area (Å²) in [6.07, 6.45) is -0.482. The van der Waals surface area contributed by atoms with Crippen molar-refractivity contribution in [3.63, 3.8) is 0 Å². The summed E-state index contributed by atoms with van der Waals surface area (Å²) < 4.78 is 10.9. The van der Waals surface area contributed by atoms with Crippen molar-refractivity contribution in [1.29, 1.82) is 0 Å². The van der Waals surface area contributed by atoms with E-state index in [1.807, 2.05) is 44.2 Å². The Morgan fingerprint density at radius 1 is 1.16 bits per heavy atom. The maximum atomic E-state index is 10.3. The number of benzene rings is 1. The molecule has 25 heavy (non-hydrogen) atoms. The van der Waals surface area contributed by atoms with Crippen molar-refractivity contribution < 1.29 is 14.4 Å². The molecule has 0 aliphatic carbocycles. The van der Waals surface area contributed by atoms with Gasteiger partial charge >= 0.3 is 0 Å².